The van der Waals surface area contributed by atoms with Crippen molar-refractivity contribution in [1.29, 1.82) is 0 Å². The minimum Gasteiger partial charge on any atom is -0.341 e. The maximum Gasteiger partial charge on any atom is 0.246 e. The lowest BCUT2D eigenvalue weighted by atomic mass is 9.99. The second-order valence-electron chi connectivity index (χ2n) is 6.58. The molecule has 0 saturated carbocycles. The minimum absolute atomic E-state index is 0.121. The van der Waals surface area contributed by atoms with Crippen LogP contribution in [0.25, 0.3) is 0 Å². The molecule has 0 unspecified atom stereocenters. The second kappa shape index (κ2) is 6.91. The molecule has 6 heteroatoms. The molecule has 1 aromatic carbocycles. The first kappa shape index (κ1) is 17.8. The zero-order chi connectivity index (χ0) is 17.2. The molecule has 1 aliphatic rings. The van der Waals surface area contributed by atoms with E-state index < -0.39 is 16.1 Å². The van der Waals surface area contributed by atoms with Crippen LogP contribution in [0.5, 0.6) is 0 Å². The van der Waals surface area contributed by atoms with Crippen LogP contribution >= 0.6 is 0 Å². The third-order valence-electron chi connectivity index (χ3n) is 4.42. The first-order valence-electron chi connectivity index (χ1n) is 8.05. The van der Waals surface area contributed by atoms with Crippen LogP contribution in [0.2, 0.25) is 0 Å². The zero-order valence-electron chi connectivity index (χ0n) is 14.3. The fourth-order valence-electron chi connectivity index (χ4n) is 3.06. The molecule has 128 valence electrons. The second-order valence-corrected chi connectivity index (χ2v) is 8.44. The molecule has 2 rings (SSSR count). The van der Waals surface area contributed by atoms with E-state index in [9.17, 15) is 13.2 Å². The van der Waals surface area contributed by atoms with E-state index in [1.54, 1.807) is 24.0 Å². The predicted molar refractivity (Wildman–Crippen MR) is 92.9 cm³/mol. The van der Waals surface area contributed by atoms with Crippen LogP contribution in [-0.2, 0) is 14.8 Å². The lowest BCUT2D eigenvalue weighted by Gasteiger charge is -2.36. The maximum absolute atomic E-state index is 12.8. The van der Waals surface area contributed by atoms with Gasteiger partial charge >= 0.3 is 0 Å². The van der Waals surface area contributed by atoms with Gasteiger partial charge in [0.15, 0.2) is 0 Å². The quantitative estimate of drug-likeness (QED) is 0.847. The predicted octanol–water partition coefficient (Wildman–Crippen LogP) is 2.41. The summed E-state index contributed by atoms with van der Waals surface area (Å²) in [6.07, 6.45) is 3.10. The molecule has 1 atom stereocenters. The van der Waals surface area contributed by atoms with Gasteiger partial charge in [0.05, 0.1) is 11.9 Å². The molecule has 1 aromatic rings. The normalized spacial score (nSPS) is 17.8. The van der Waals surface area contributed by atoms with Gasteiger partial charge in [0.2, 0.25) is 15.9 Å². The molecule has 1 aliphatic heterocycles. The van der Waals surface area contributed by atoms with Crippen molar-refractivity contribution in [1.82, 2.24) is 4.90 Å². The smallest absolute Gasteiger partial charge is 0.246 e. The molecule has 0 radical (unpaired) electrons. The highest BCUT2D eigenvalue weighted by Gasteiger charge is 2.33. The van der Waals surface area contributed by atoms with E-state index in [1.165, 1.54) is 4.31 Å². The average Bonchev–Trinajstić information content (AvgIpc) is 2.46. The van der Waals surface area contributed by atoms with Gasteiger partial charge < -0.3 is 4.90 Å². The molecule has 0 bridgehead atoms. The maximum atomic E-state index is 12.8. The summed E-state index contributed by atoms with van der Waals surface area (Å²) in [5.41, 5.74) is 1.50. The van der Waals surface area contributed by atoms with Gasteiger partial charge in [-0.05, 0) is 50.3 Å². The lowest BCUT2D eigenvalue weighted by Crippen LogP contribution is -2.51. The van der Waals surface area contributed by atoms with E-state index in [4.69, 9.17) is 0 Å². The van der Waals surface area contributed by atoms with Crippen molar-refractivity contribution in [2.24, 2.45) is 5.92 Å². The van der Waals surface area contributed by atoms with E-state index in [-0.39, 0.29) is 5.91 Å². The van der Waals surface area contributed by atoms with E-state index >= 15 is 0 Å². The third-order valence-corrected chi connectivity index (χ3v) is 5.66. The van der Waals surface area contributed by atoms with Crippen molar-refractivity contribution in [3.8, 4) is 0 Å². The van der Waals surface area contributed by atoms with Crippen molar-refractivity contribution < 1.29 is 13.2 Å². The number of carbonyl (C=O) groups excluding carboxylic acids is 1. The third kappa shape index (κ3) is 4.25. The molecular weight excluding hydrogens is 312 g/mol. The highest BCUT2D eigenvalue weighted by atomic mass is 32.2. The summed E-state index contributed by atoms with van der Waals surface area (Å²) in [5.74, 6) is 0.501. The standard InChI is InChI=1S/C17H26N2O3S/c1-13-8-10-18(11-9-13)17(20)15(3)19(23(4,21)22)16-7-5-6-14(2)12-16/h5-7,12-13,15H,8-11H2,1-4H3/t15-/m1/s1. The van der Waals surface area contributed by atoms with Crippen LogP contribution in [0.15, 0.2) is 24.3 Å². The number of rotatable bonds is 4. The molecule has 1 amide bonds. The minimum atomic E-state index is -3.54. The number of amides is 1. The molecule has 0 aromatic heterocycles. The number of nitrogens with zero attached hydrogens (tertiary/aromatic N) is 2. The Labute approximate surface area is 139 Å². The largest absolute Gasteiger partial charge is 0.341 e. The molecule has 0 spiro atoms. The van der Waals surface area contributed by atoms with Gasteiger partial charge in [-0.2, -0.15) is 0 Å². The van der Waals surface area contributed by atoms with Crippen LogP contribution in [0.4, 0.5) is 5.69 Å². The number of anilines is 1. The first-order valence-corrected chi connectivity index (χ1v) is 9.90. The summed E-state index contributed by atoms with van der Waals surface area (Å²) >= 11 is 0. The fraction of sp³-hybridized carbons (Fsp3) is 0.588. The van der Waals surface area contributed by atoms with E-state index in [0.29, 0.717) is 24.7 Å². The monoisotopic (exact) mass is 338 g/mol. The Bertz CT molecular complexity index is 664. The SMILES string of the molecule is Cc1cccc(N([C@H](C)C(=O)N2CCC(C)CC2)S(C)(=O)=O)c1. The molecule has 1 heterocycles. The van der Waals surface area contributed by atoms with E-state index in [1.807, 2.05) is 19.1 Å². The van der Waals surface area contributed by atoms with Crippen molar-refractivity contribution >= 4 is 21.6 Å². The molecule has 0 aliphatic carbocycles. The number of likely N-dealkylation sites (tertiary alicyclic amines) is 1. The highest BCUT2D eigenvalue weighted by molar-refractivity contribution is 7.92. The number of aryl methyl sites for hydroxylation is 1. The first-order chi connectivity index (χ1) is 10.7. The van der Waals surface area contributed by atoms with Gasteiger partial charge in [-0.3, -0.25) is 9.10 Å². The Morgan fingerprint density at radius 1 is 1.30 bits per heavy atom. The van der Waals surface area contributed by atoms with E-state index in [0.717, 1.165) is 24.7 Å². The van der Waals surface area contributed by atoms with Crippen molar-refractivity contribution in [2.75, 3.05) is 23.7 Å². The number of carbonyl (C=O) groups is 1. The Hall–Kier alpha value is -1.56. The van der Waals surface area contributed by atoms with Crippen molar-refractivity contribution in [3.05, 3.63) is 29.8 Å². The number of hydrogen-bond donors (Lipinski definition) is 0. The Balaban J connectivity index is 2.27. The summed E-state index contributed by atoms with van der Waals surface area (Å²) < 4.78 is 25.8. The fourth-order valence-corrected chi connectivity index (χ4v) is 4.22. The van der Waals surface area contributed by atoms with Crippen molar-refractivity contribution in [3.63, 3.8) is 0 Å². The topological polar surface area (TPSA) is 57.7 Å². The van der Waals surface area contributed by atoms with Crippen LogP contribution in [0.1, 0.15) is 32.3 Å². The van der Waals surface area contributed by atoms with Gasteiger partial charge in [-0.25, -0.2) is 8.42 Å². The summed E-state index contributed by atoms with van der Waals surface area (Å²) in [6, 6.07) is 6.50. The summed E-state index contributed by atoms with van der Waals surface area (Å²) in [6.45, 7) is 7.17. The average molecular weight is 338 g/mol. The number of sulfonamides is 1. The lowest BCUT2D eigenvalue weighted by molar-refractivity contribution is -0.133. The number of piperidine rings is 1. The summed E-state index contributed by atoms with van der Waals surface area (Å²) in [5, 5.41) is 0. The molecule has 1 saturated heterocycles. The van der Waals surface area contributed by atoms with Crippen LogP contribution in [-0.4, -0.2) is 44.6 Å². The van der Waals surface area contributed by atoms with E-state index in [2.05, 4.69) is 6.92 Å². The van der Waals surface area contributed by atoms with Crippen LogP contribution < -0.4 is 4.31 Å². The zero-order valence-corrected chi connectivity index (χ0v) is 15.1. The van der Waals surface area contributed by atoms with Crippen LogP contribution in [0.3, 0.4) is 0 Å². The van der Waals surface area contributed by atoms with Gasteiger partial charge in [-0.1, -0.05) is 19.1 Å². The number of hydrogen-bond acceptors (Lipinski definition) is 3. The number of benzene rings is 1. The Morgan fingerprint density at radius 2 is 1.91 bits per heavy atom. The summed E-state index contributed by atoms with van der Waals surface area (Å²) in [4.78, 5) is 14.6. The Kier molecular flexibility index (Phi) is 5.34. The molecular formula is C17H26N2O3S. The van der Waals surface area contributed by atoms with Gasteiger partial charge in [0.25, 0.3) is 0 Å². The van der Waals surface area contributed by atoms with Gasteiger partial charge in [0, 0.05) is 13.1 Å². The van der Waals surface area contributed by atoms with Crippen LogP contribution in [0, 0.1) is 12.8 Å². The molecule has 5 nitrogen and oxygen atoms in total. The Morgan fingerprint density at radius 3 is 2.43 bits per heavy atom. The van der Waals surface area contributed by atoms with Crippen molar-refractivity contribution in [2.45, 2.75) is 39.7 Å². The summed E-state index contributed by atoms with van der Waals surface area (Å²) in [7, 11) is -3.54. The molecule has 23 heavy (non-hydrogen) atoms. The highest BCUT2D eigenvalue weighted by Crippen LogP contribution is 2.24. The van der Waals surface area contributed by atoms with Gasteiger partial charge in [0.1, 0.15) is 6.04 Å². The van der Waals surface area contributed by atoms with Gasteiger partial charge in [-0.15, -0.1) is 0 Å². The molecule has 1 fully saturated rings. The molecule has 0 N–H and O–H groups in total.